The molecule has 0 aliphatic rings. The highest BCUT2D eigenvalue weighted by Crippen LogP contribution is 2.31. The number of nitrogens with one attached hydrogen (secondary N) is 2. The van der Waals surface area contributed by atoms with Gasteiger partial charge in [-0.2, -0.15) is 5.10 Å². The van der Waals surface area contributed by atoms with Gasteiger partial charge >= 0.3 is 0 Å². The molecule has 3 rings (SSSR count). The lowest BCUT2D eigenvalue weighted by atomic mass is 10.1. The van der Waals surface area contributed by atoms with Crippen molar-refractivity contribution in [3.63, 3.8) is 0 Å². The Kier molecular flexibility index (Phi) is 6.72. The number of hydrazone groups is 1. The van der Waals surface area contributed by atoms with Gasteiger partial charge in [0.25, 0.3) is 5.91 Å². The fraction of sp³-hybridized carbons (Fsp3) is 0.182. The average molecular weight is 456 g/mol. The average Bonchev–Trinajstić information content (AvgIpc) is 2.73. The van der Waals surface area contributed by atoms with Gasteiger partial charge in [0.1, 0.15) is 17.5 Å². The standard InChI is InChI=1S/C22H22BrN3O3/c1-14(25-18-9-8-15-6-4-5-7-16(15)10-18)22(27)26-24-13-17-11-19(23)21(29-3)12-20(17)28-2/h4-14,25H,1-3H3,(H,26,27)/b24-13+. The van der Waals surface area contributed by atoms with Crippen molar-refractivity contribution < 1.29 is 14.3 Å². The van der Waals surface area contributed by atoms with Crippen molar-refractivity contribution in [3.8, 4) is 11.5 Å². The SMILES string of the molecule is COc1cc(OC)c(/C=N/NC(=O)C(C)Nc2ccc3ccccc3c2)cc1Br. The van der Waals surface area contributed by atoms with Gasteiger partial charge in [-0.1, -0.05) is 30.3 Å². The number of ether oxygens (including phenoxy) is 2. The number of fused-ring (bicyclic) bond motifs is 1. The maximum Gasteiger partial charge on any atom is 0.262 e. The van der Waals surface area contributed by atoms with E-state index in [1.165, 1.54) is 6.21 Å². The number of methoxy groups -OCH3 is 2. The summed E-state index contributed by atoms with van der Waals surface area (Å²) in [5.41, 5.74) is 4.13. The first kappa shape index (κ1) is 20.7. The van der Waals surface area contributed by atoms with Gasteiger partial charge in [0.05, 0.1) is 24.9 Å². The summed E-state index contributed by atoms with van der Waals surface area (Å²) in [6.45, 7) is 1.78. The number of nitrogens with zero attached hydrogens (tertiary/aromatic N) is 1. The maximum absolute atomic E-state index is 12.4. The van der Waals surface area contributed by atoms with Crippen LogP contribution in [0.25, 0.3) is 10.8 Å². The summed E-state index contributed by atoms with van der Waals surface area (Å²) in [5, 5.41) is 9.51. The minimum atomic E-state index is -0.460. The summed E-state index contributed by atoms with van der Waals surface area (Å²) in [4.78, 5) is 12.4. The number of benzene rings is 3. The quantitative estimate of drug-likeness (QED) is 0.404. The number of halogens is 1. The van der Waals surface area contributed by atoms with E-state index in [-0.39, 0.29) is 5.91 Å². The number of hydrogen-bond acceptors (Lipinski definition) is 5. The second-order valence-electron chi connectivity index (χ2n) is 6.39. The number of carbonyl (C=O) groups is 1. The van der Waals surface area contributed by atoms with E-state index in [0.717, 1.165) is 20.9 Å². The third kappa shape index (κ3) is 5.06. The van der Waals surface area contributed by atoms with Crippen molar-refractivity contribution >= 4 is 44.5 Å². The Balaban J connectivity index is 1.64. The second kappa shape index (κ2) is 9.43. The van der Waals surface area contributed by atoms with E-state index in [0.29, 0.717) is 17.1 Å². The number of rotatable bonds is 7. The van der Waals surface area contributed by atoms with Crippen LogP contribution in [0, 0.1) is 0 Å². The van der Waals surface area contributed by atoms with E-state index in [1.54, 1.807) is 27.2 Å². The zero-order chi connectivity index (χ0) is 20.8. The Bertz CT molecular complexity index is 1050. The van der Waals surface area contributed by atoms with E-state index in [1.807, 2.05) is 42.5 Å². The lowest BCUT2D eigenvalue weighted by molar-refractivity contribution is -0.121. The monoisotopic (exact) mass is 455 g/mol. The molecule has 0 radical (unpaired) electrons. The first-order valence-electron chi connectivity index (χ1n) is 9.01. The summed E-state index contributed by atoms with van der Waals surface area (Å²) < 4.78 is 11.4. The molecule has 3 aromatic carbocycles. The van der Waals surface area contributed by atoms with E-state index < -0.39 is 6.04 Å². The van der Waals surface area contributed by atoms with E-state index >= 15 is 0 Å². The van der Waals surface area contributed by atoms with Crippen molar-refractivity contribution in [3.05, 3.63) is 64.6 Å². The molecule has 0 spiro atoms. The summed E-state index contributed by atoms with van der Waals surface area (Å²) in [5.74, 6) is 0.989. The Labute approximate surface area is 178 Å². The van der Waals surface area contributed by atoms with Crippen molar-refractivity contribution in [2.45, 2.75) is 13.0 Å². The zero-order valence-corrected chi connectivity index (χ0v) is 18.0. The summed E-state index contributed by atoms with van der Waals surface area (Å²) in [7, 11) is 3.14. The molecule has 0 fully saturated rings. The smallest absolute Gasteiger partial charge is 0.262 e. The molecule has 150 valence electrons. The molecule has 7 heteroatoms. The predicted molar refractivity (Wildman–Crippen MR) is 120 cm³/mol. The summed E-state index contributed by atoms with van der Waals surface area (Å²) in [6.07, 6.45) is 1.53. The van der Waals surface area contributed by atoms with Crippen molar-refractivity contribution in [1.29, 1.82) is 0 Å². The molecule has 2 N–H and O–H groups in total. The van der Waals surface area contributed by atoms with Gasteiger partial charge in [-0.3, -0.25) is 4.79 Å². The Morgan fingerprint density at radius 2 is 1.76 bits per heavy atom. The largest absolute Gasteiger partial charge is 0.496 e. The highest BCUT2D eigenvalue weighted by atomic mass is 79.9. The molecule has 29 heavy (non-hydrogen) atoms. The number of amides is 1. The van der Waals surface area contributed by atoms with Crippen molar-refractivity contribution in [2.75, 3.05) is 19.5 Å². The van der Waals surface area contributed by atoms with Gasteiger partial charge in [0.2, 0.25) is 0 Å². The van der Waals surface area contributed by atoms with E-state index in [2.05, 4.69) is 37.8 Å². The number of hydrogen-bond donors (Lipinski definition) is 2. The molecule has 0 bridgehead atoms. The fourth-order valence-electron chi connectivity index (χ4n) is 2.84. The molecule has 1 unspecified atom stereocenters. The lowest BCUT2D eigenvalue weighted by Gasteiger charge is -2.14. The van der Waals surface area contributed by atoms with Gasteiger partial charge in [-0.25, -0.2) is 5.43 Å². The number of carbonyl (C=O) groups excluding carboxylic acids is 1. The molecule has 3 aromatic rings. The Morgan fingerprint density at radius 1 is 1.03 bits per heavy atom. The van der Waals surface area contributed by atoms with Crippen LogP contribution in [0.15, 0.2) is 64.2 Å². The molecule has 0 aromatic heterocycles. The topological polar surface area (TPSA) is 72.0 Å². The minimum absolute atomic E-state index is 0.249. The molecular formula is C22H22BrN3O3. The fourth-order valence-corrected chi connectivity index (χ4v) is 3.36. The molecular weight excluding hydrogens is 434 g/mol. The van der Waals surface area contributed by atoms with Crippen LogP contribution >= 0.6 is 15.9 Å². The first-order chi connectivity index (χ1) is 14.0. The molecule has 1 amide bonds. The third-order valence-corrected chi connectivity index (χ3v) is 5.03. The van der Waals surface area contributed by atoms with Gasteiger partial charge in [0, 0.05) is 17.3 Å². The van der Waals surface area contributed by atoms with E-state index in [4.69, 9.17) is 9.47 Å². The summed E-state index contributed by atoms with van der Waals surface area (Å²) in [6, 6.07) is 17.2. The number of anilines is 1. The molecule has 0 aliphatic heterocycles. The first-order valence-corrected chi connectivity index (χ1v) is 9.81. The van der Waals surface area contributed by atoms with E-state index in [9.17, 15) is 4.79 Å². The van der Waals surface area contributed by atoms with Crippen LogP contribution in [-0.4, -0.2) is 32.4 Å². The van der Waals surface area contributed by atoms with Crippen LogP contribution in [-0.2, 0) is 4.79 Å². The van der Waals surface area contributed by atoms with Gasteiger partial charge in [-0.05, 0) is 51.8 Å². The van der Waals surface area contributed by atoms with Crippen LogP contribution in [0.5, 0.6) is 11.5 Å². The van der Waals surface area contributed by atoms with Gasteiger partial charge in [-0.15, -0.1) is 0 Å². The minimum Gasteiger partial charge on any atom is -0.496 e. The van der Waals surface area contributed by atoms with Crippen LogP contribution < -0.4 is 20.2 Å². The van der Waals surface area contributed by atoms with Crippen molar-refractivity contribution in [1.82, 2.24) is 5.43 Å². The predicted octanol–water partition coefficient (Wildman–Crippen LogP) is 4.57. The molecule has 0 saturated heterocycles. The Morgan fingerprint density at radius 3 is 2.48 bits per heavy atom. The normalized spacial score (nSPS) is 12.0. The highest BCUT2D eigenvalue weighted by molar-refractivity contribution is 9.10. The van der Waals surface area contributed by atoms with Gasteiger partial charge in [0.15, 0.2) is 0 Å². The maximum atomic E-state index is 12.4. The lowest BCUT2D eigenvalue weighted by Crippen LogP contribution is -2.34. The van der Waals surface area contributed by atoms with Crippen LogP contribution in [0.3, 0.4) is 0 Å². The third-order valence-electron chi connectivity index (χ3n) is 4.41. The highest BCUT2D eigenvalue weighted by Gasteiger charge is 2.12. The molecule has 0 aliphatic carbocycles. The van der Waals surface area contributed by atoms with Crippen LogP contribution in [0.4, 0.5) is 5.69 Å². The zero-order valence-electron chi connectivity index (χ0n) is 16.4. The van der Waals surface area contributed by atoms with Crippen molar-refractivity contribution in [2.24, 2.45) is 5.10 Å². The molecule has 0 saturated carbocycles. The summed E-state index contributed by atoms with van der Waals surface area (Å²) >= 11 is 3.43. The van der Waals surface area contributed by atoms with Gasteiger partial charge < -0.3 is 14.8 Å². The van der Waals surface area contributed by atoms with Crippen LogP contribution in [0.1, 0.15) is 12.5 Å². The molecule has 6 nitrogen and oxygen atoms in total. The molecule has 1 atom stereocenters. The molecule has 0 heterocycles. The van der Waals surface area contributed by atoms with Crippen LogP contribution in [0.2, 0.25) is 0 Å². The Hall–Kier alpha value is -3.06. The second-order valence-corrected chi connectivity index (χ2v) is 7.25.